The van der Waals surface area contributed by atoms with Crippen molar-refractivity contribution in [2.75, 3.05) is 44.2 Å². The van der Waals surface area contributed by atoms with Crippen LogP contribution in [0.15, 0.2) is 48.8 Å². The van der Waals surface area contributed by atoms with Crippen LogP contribution in [0, 0.1) is 0 Å². The molecule has 2 heterocycles. The van der Waals surface area contributed by atoms with E-state index in [1.54, 1.807) is 0 Å². The molecule has 0 bridgehead atoms. The maximum atomic E-state index is 6.29. The highest BCUT2D eigenvalue weighted by Crippen LogP contribution is 2.25. The molecule has 0 amide bonds. The number of hydrogen-bond donors (Lipinski definition) is 1. The topological polar surface area (TPSA) is 31.4 Å². The van der Waals surface area contributed by atoms with Gasteiger partial charge in [-0.1, -0.05) is 29.8 Å². The number of halogens is 1. The van der Waals surface area contributed by atoms with E-state index in [0.717, 1.165) is 56.5 Å². The molecule has 1 saturated heterocycles. The summed E-state index contributed by atoms with van der Waals surface area (Å²) in [6.07, 6.45) is 4.90. The highest BCUT2D eigenvalue weighted by atomic mass is 35.5. The van der Waals surface area contributed by atoms with Crippen molar-refractivity contribution in [1.82, 2.24) is 15.2 Å². The summed E-state index contributed by atoms with van der Waals surface area (Å²) in [4.78, 5) is 9.06. The fraction of sp³-hybridized carbons (Fsp3) is 0.421. The lowest BCUT2D eigenvalue weighted by atomic mass is 10.2. The fourth-order valence-electron chi connectivity index (χ4n) is 3.08. The number of rotatable bonds is 7. The first-order valence-electron chi connectivity index (χ1n) is 8.64. The van der Waals surface area contributed by atoms with E-state index in [-0.39, 0.29) is 0 Å². The minimum Gasteiger partial charge on any atom is -0.368 e. The largest absolute Gasteiger partial charge is 0.368 e. The Balaban J connectivity index is 1.32. The number of anilines is 1. The van der Waals surface area contributed by atoms with Crippen molar-refractivity contribution < 1.29 is 0 Å². The van der Waals surface area contributed by atoms with Crippen molar-refractivity contribution in [3.05, 3.63) is 59.4 Å². The van der Waals surface area contributed by atoms with Crippen molar-refractivity contribution in [2.45, 2.75) is 13.0 Å². The van der Waals surface area contributed by atoms with Gasteiger partial charge in [0.15, 0.2) is 0 Å². The van der Waals surface area contributed by atoms with Gasteiger partial charge in [0.2, 0.25) is 0 Å². The molecule has 1 N–H and O–H groups in total. The maximum absolute atomic E-state index is 6.29. The molecule has 1 aliphatic heterocycles. The van der Waals surface area contributed by atoms with Gasteiger partial charge in [-0.05, 0) is 43.3 Å². The van der Waals surface area contributed by atoms with Crippen LogP contribution in [-0.4, -0.2) is 49.2 Å². The van der Waals surface area contributed by atoms with Gasteiger partial charge in [0.1, 0.15) is 0 Å². The Kier molecular flexibility index (Phi) is 6.47. The SMILES string of the molecule is Clc1ccccc1N1CCN(CCCNCc2cccnc2)CC1. The van der Waals surface area contributed by atoms with Crippen LogP contribution in [0.3, 0.4) is 0 Å². The molecule has 24 heavy (non-hydrogen) atoms. The molecule has 2 aromatic rings. The second kappa shape index (κ2) is 9.02. The second-order valence-corrected chi connectivity index (χ2v) is 6.58. The highest BCUT2D eigenvalue weighted by molar-refractivity contribution is 6.33. The highest BCUT2D eigenvalue weighted by Gasteiger charge is 2.18. The molecule has 1 aromatic heterocycles. The molecular weight excluding hydrogens is 320 g/mol. The van der Waals surface area contributed by atoms with E-state index in [9.17, 15) is 0 Å². The molecule has 128 valence electrons. The molecule has 0 aliphatic carbocycles. The van der Waals surface area contributed by atoms with Crippen molar-refractivity contribution in [3.8, 4) is 0 Å². The molecule has 0 saturated carbocycles. The van der Waals surface area contributed by atoms with Crippen LogP contribution < -0.4 is 10.2 Å². The van der Waals surface area contributed by atoms with Crippen LogP contribution in [-0.2, 0) is 6.54 Å². The number of para-hydroxylation sites is 1. The van der Waals surface area contributed by atoms with Crippen LogP contribution in [0.4, 0.5) is 5.69 Å². The third-order valence-corrected chi connectivity index (χ3v) is 4.76. The Bertz CT molecular complexity index is 612. The van der Waals surface area contributed by atoms with Gasteiger partial charge in [-0.25, -0.2) is 0 Å². The third kappa shape index (κ3) is 4.94. The molecule has 1 aromatic carbocycles. The number of nitrogens with zero attached hydrogens (tertiary/aromatic N) is 3. The van der Waals surface area contributed by atoms with Crippen LogP contribution in [0.25, 0.3) is 0 Å². The monoisotopic (exact) mass is 344 g/mol. The molecule has 3 rings (SSSR count). The number of pyridine rings is 1. The molecular formula is C19H25ClN4. The van der Waals surface area contributed by atoms with Crippen LogP contribution in [0.1, 0.15) is 12.0 Å². The zero-order valence-corrected chi connectivity index (χ0v) is 14.8. The number of benzene rings is 1. The van der Waals surface area contributed by atoms with Crippen LogP contribution in [0.2, 0.25) is 5.02 Å². The maximum Gasteiger partial charge on any atom is 0.0639 e. The summed E-state index contributed by atoms with van der Waals surface area (Å²) in [5.41, 5.74) is 2.41. The van der Waals surface area contributed by atoms with E-state index >= 15 is 0 Å². The second-order valence-electron chi connectivity index (χ2n) is 6.17. The fourth-order valence-corrected chi connectivity index (χ4v) is 3.34. The molecule has 5 heteroatoms. The summed E-state index contributed by atoms with van der Waals surface area (Å²) in [7, 11) is 0. The Morgan fingerprint density at radius 2 is 1.88 bits per heavy atom. The van der Waals surface area contributed by atoms with E-state index in [1.807, 2.05) is 30.6 Å². The van der Waals surface area contributed by atoms with Gasteiger partial charge in [-0.15, -0.1) is 0 Å². The van der Waals surface area contributed by atoms with Crippen molar-refractivity contribution >= 4 is 17.3 Å². The van der Waals surface area contributed by atoms with Crippen LogP contribution >= 0.6 is 11.6 Å². The zero-order valence-electron chi connectivity index (χ0n) is 14.0. The first-order valence-corrected chi connectivity index (χ1v) is 9.02. The van der Waals surface area contributed by atoms with Gasteiger partial charge in [0, 0.05) is 45.1 Å². The smallest absolute Gasteiger partial charge is 0.0639 e. The summed E-state index contributed by atoms with van der Waals surface area (Å²) in [6.45, 7) is 7.39. The van der Waals surface area contributed by atoms with E-state index < -0.39 is 0 Å². The van der Waals surface area contributed by atoms with Gasteiger partial charge in [0.25, 0.3) is 0 Å². The molecule has 0 atom stereocenters. The van der Waals surface area contributed by atoms with E-state index in [2.05, 4.69) is 38.3 Å². The normalized spacial score (nSPS) is 15.6. The molecule has 0 radical (unpaired) electrons. The van der Waals surface area contributed by atoms with Gasteiger partial charge in [-0.2, -0.15) is 0 Å². The predicted octanol–water partition coefficient (Wildman–Crippen LogP) is 3.04. The Labute approximate surface area is 149 Å². The minimum absolute atomic E-state index is 0.852. The molecule has 1 fully saturated rings. The van der Waals surface area contributed by atoms with Gasteiger partial charge in [0.05, 0.1) is 10.7 Å². The summed E-state index contributed by atoms with van der Waals surface area (Å²) < 4.78 is 0. The number of nitrogens with one attached hydrogen (secondary N) is 1. The lowest BCUT2D eigenvalue weighted by molar-refractivity contribution is 0.254. The lowest BCUT2D eigenvalue weighted by Gasteiger charge is -2.36. The lowest BCUT2D eigenvalue weighted by Crippen LogP contribution is -2.47. The Morgan fingerprint density at radius 3 is 2.62 bits per heavy atom. The molecule has 4 nitrogen and oxygen atoms in total. The number of aromatic nitrogens is 1. The van der Waals surface area contributed by atoms with E-state index in [0.29, 0.717) is 0 Å². The van der Waals surface area contributed by atoms with Crippen molar-refractivity contribution in [3.63, 3.8) is 0 Å². The van der Waals surface area contributed by atoms with Gasteiger partial charge < -0.3 is 10.2 Å². The van der Waals surface area contributed by atoms with E-state index in [4.69, 9.17) is 11.6 Å². The summed E-state index contributed by atoms with van der Waals surface area (Å²) >= 11 is 6.29. The van der Waals surface area contributed by atoms with Crippen molar-refractivity contribution in [2.24, 2.45) is 0 Å². The summed E-state index contributed by atoms with van der Waals surface area (Å²) in [5.74, 6) is 0. The standard InChI is InChI=1S/C19H25ClN4/c20-18-6-1-2-7-19(18)24-13-11-23(12-14-24)10-4-9-22-16-17-5-3-8-21-15-17/h1-3,5-8,15,22H,4,9-14,16H2. The van der Waals surface area contributed by atoms with Gasteiger partial charge in [-0.3, -0.25) is 9.88 Å². The first kappa shape index (κ1) is 17.2. The average molecular weight is 345 g/mol. The quantitative estimate of drug-likeness (QED) is 0.782. The average Bonchev–Trinajstić information content (AvgIpc) is 2.63. The summed E-state index contributed by atoms with van der Waals surface area (Å²) in [6, 6.07) is 12.2. The predicted molar refractivity (Wildman–Crippen MR) is 101 cm³/mol. The number of piperazine rings is 1. The molecule has 1 aliphatic rings. The minimum atomic E-state index is 0.852. The molecule has 0 unspecified atom stereocenters. The third-order valence-electron chi connectivity index (χ3n) is 4.45. The van der Waals surface area contributed by atoms with Crippen molar-refractivity contribution in [1.29, 1.82) is 0 Å². The summed E-state index contributed by atoms with van der Waals surface area (Å²) in [5, 5.41) is 4.34. The zero-order chi connectivity index (χ0) is 16.6. The first-order chi connectivity index (χ1) is 11.8. The van der Waals surface area contributed by atoms with Crippen LogP contribution in [0.5, 0.6) is 0 Å². The Morgan fingerprint density at radius 1 is 1.04 bits per heavy atom. The van der Waals surface area contributed by atoms with E-state index in [1.165, 1.54) is 12.0 Å². The van der Waals surface area contributed by atoms with Gasteiger partial charge >= 0.3 is 0 Å². The molecule has 0 spiro atoms. The number of hydrogen-bond acceptors (Lipinski definition) is 4. The Hall–Kier alpha value is -1.62.